The van der Waals surface area contributed by atoms with Crippen molar-refractivity contribution in [3.05, 3.63) is 59.1 Å². The van der Waals surface area contributed by atoms with E-state index in [1.807, 2.05) is 0 Å². The van der Waals surface area contributed by atoms with Gasteiger partial charge >= 0.3 is 0 Å². The second kappa shape index (κ2) is 5.61. The van der Waals surface area contributed by atoms with Crippen LogP contribution in [0.2, 0.25) is 5.02 Å². The van der Waals surface area contributed by atoms with Crippen LogP contribution >= 0.6 is 11.6 Å². The number of nitrogens with one attached hydrogen (secondary N) is 1. The zero-order valence-corrected chi connectivity index (χ0v) is 11.4. The standard InChI is InChI=1S/C13H12ClNO3S/c14-12-3-1-2-4-13(12)19(17,18)15-9-10-5-7-11(16)8-6-10/h1-8,15-16H,9H2. The molecule has 2 N–H and O–H groups in total. The average Bonchev–Trinajstić information content (AvgIpc) is 2.38. The van der Waals surface area contributed by atoms with E-state index >= 15 is 0 Å². The molecule has 6 heteroatoms. The Morgan fingerprint density at radius 3 is 2.32 bits per heavy atom. The molecule has 0 atom stereocenters. The Labute approximate surface area is 116 Å². The van der Waals surface area contributed by atoms with Crippen LogP contribution in [0.25, 0.3) is 0 Å². The number of rotatable bonds is 4. The maximum absolute atomic E-state index is 12.0. The van der Waals surface area contributed by atoms with E-state index in [0.717, 1.165) is 5.56 Å². The number of phenols is 1. The molecule has 0 heterocycles. The number of phenolic OH excluding ortho intramolecular Hbond substituents is 1. The number of aromatic hydroxyl groups is 1. The Bertz CT molecular complexity index is 669. The molecule has 2 aromatic carbocycles. The molecule has 0 aliphatic heterocycles. The summed E-state index contributed by atoms with van der Waals surface area (Å²) in [6.07, 6.45) is 0. The number of sulfonamides is 1. The zero-order valence-electron chi connectivity index (χ0n) is 9.88. The number of benzene rings is 2. The minimum Gasteiger partial charge on any atom is -0.508 e. The van der Waals surface area contributed by atoms with Gasteiger partial charge in [0.1, 0.15) is 10.6 Å². The largest absolute Gasteiger partial charge is 0.508 e. The van der Waals surface area contributed by atoms with E-state index in [9.17, 15) is 8.42 Å². The van der Waals surface area contributed by atoms with Crippen molar-refractivity contribution in [2.24, 2.45) is 0 Å². The molecular formula is C13H12ClNO3S. The van der Waals surface area contributed by atoms with E-state index in [1.165, 1.54) is 24.3 Å². The molecule has 0 aromatic heterocycles. The summed E-state index contributed by atoms with van der Waals surface area (Å²) < 4.78 is 26.6. The van der Waals surface area contributed by atoms with Crippen LogP contribution in [0, 0.1) is 0 Å². The van der Waals surface area contributed by atoms with Crippen LogP contribution < -0.4 is 4.72 Å². The summed E-state index contributed by atoms with van der Waals surface area (Å²) in [6.45, 7) is 0.133. The Morgan fingerprint density at radius 1 is 1.05 bits per heavy atom. The molecular weight excluding hydrogens is 286 g/mol. The lowest BCUT2D eigenvalue weighted by Crippen LogP contribution is -2.23. The van der Waals surface area contributed by atoms with E-state index in [2.05, 4.69) is 4.72 Å². The fourth-order valence-electron chi connectivity index (χ4n) is 1.53. The quantitative estimate of drug-likeness (QED) is 0.911. The van der Waals surface area contributed by atoms with Gasteiger partial charge in [-0.2, -0.15) is 0 Å². The first-order valence-electron chi connectivity index (χ1n) is 5.51. The Morgan fingerprint density at radius 2 is 1.68 bits per heavy atom. The van der Waals surface area contributed by atoms with Gasteiger partial charge in [-0.05, 0) is 29.8 Å². The summed E-state index contributed by atoms with van der Waals surface area (Å²) in [4.78, 5) is 0.0513. The monoisotopic (exact) mass is 297 g/mol. The van der Waals surface area contributed by atoms with Gasteiger partial charge in [0.15, 0.2) is 0 Å². The zero-order chi connectivity index (χ0) is 13.9. The molecule has 2 aromatic rings. The van der Waals surface area contributed by atoms with Gasteiger partial charge in [0.05, 0.1) is 5.02 Å². The van der Waals surface area contributed by atoms with Crippen molar-refractivity contribution in [1.29, 1.82) is 0 Å². The van der Waals surface area contributed by atoms with E-state index in [4.69, 9.17) is 16.7 Å². The molecule has 2 rings (SSSR count). The SMILES string of the molecule is O=S(=O)(NCc1ccc(O)cc1)c1ccccc1Cl. The summed E-state index contributed by atoms with van der Waals surface area (Å²) in [5.74, 6) is 0.137. The lowest BCUT2D eigenvalue weighted by atomic mass is 10.2. The lowest BCUT2D eigenvalue weighted by molar-refractivity contribution is 0.475. The van der Waals surface area contributed by atoms with Crippen LogP contribution in [0.5, 0.6) is 5.75 Å². The predicted octanol–water partition coefficient (Wildman–Crippen LogP) is 2.52. The maximum atomic E-state index is 12.0. The molecule has 0 amide bonds. The van der Waals surface area contributed by atoms with Crippen molar-refractivity contribution in [2.75, 3.05) is 0 Å². The van der Waals surface area contributed by atoms with Crippen LogP contribution in [-0.2, 0) is 16.6 Å². The minimum atomic E-state index is -3.64. The molecule has 0 fully saturated rings. The third kappa shape index (κ3) is 3.47. The summed E-state index contributed by atoms with van der Waals surface area (Å²) >= 11 is 5.86. The molecule has 0 saturated carbocycles. The first kappa shape index (κ1) is 13.9. The van der Waals surface area contributed by atoms with Gasteiger partial charge < -0.3 is 5.11 Å². The minimum absolute atomic E-state index is 0.0513. The number of hydrogen-bond donors (Lipinski definition) is 2. The predicted molar refractivity (Wildman–Crippen MR) is 73.6 cm³/mol. The van der Waals surface area contributed by atoms with Gasteiger partial charge in [-0.15, -0.1) is 0 Å². The first-order valence-corrected chi connectivity index (χ1v) is 7.37. The van der Waals surface area contributed by atoms with Gasteiger partial charge in [0.2, 0.25) is 10.0 Å². The van der Waals surface area contributed by atoms with Gasteiger partial charge in [0.25, 0.3) is 0 Å². The van der Waals surface area contributed by atoms with Gasteiger partial charge in [-0.25, -0.2) is 13.1 Å². The summed E-state index contributed by atoms with van der Waals surface area (Å²) in [6, 6.07) is 12.5. The molecule has 0 unspecified atom stereocenters. The molecule has 0 radical (unpaired) electrons. The average molecular weight is 298 g/mol. The number of halogens is 1. The highest BCUT2D eigenvalue weighted by Crippen LogP contribution is 2.20. The molecule has 100 valence electrons. The van der Waals surface area contributed by atoms with E-state index in [1.54, 1.807) is 24.3 Å². The Balaban J connectivity index is 2.14. The van der Waals surface area contributed by atoms with Crippen molar-refractivity contribution < 1.29 is 13.5 Å². The van der Waals surface area contributed by atoms with Crippen LogP contribution in [0.3, 0.4) is 0 Å². The molecule has 4 nitrogen and oxygen atoms in total. The van der Waals surface area contributed by atoms with Crippen LogP contribution in [0.15, 0.2) is 53.4 Å². The molecule has 0 aliphatic rings. The third-order valence-electron chi connectivity index (χ3n) is 2.53. The van der Waals surface area contributed by atoms with E-state index in [-0.39, 0.29) is 22.2 Å². The molecule has 0 saturated heterocycles. The molecule has 0 spiro atoms. The third-order valence-corrected chi connectivity index (χ3v) is 4.43. The molecule has 19 heavy (non-hydrogen) atoms. The fraction of sp³-hybridized carbons (Fsp3) is 0.0769. The second-order valence-electron chi connectivity index (χ2n) is 3.92. The van der Waals surface area contributed by atoms with Crippen LogP contribution in [0.1, 0.15) is 5.56 Å². The highest BCUT2D eigenvalue weighted by atomic mass is 35.5. The lowest BCUT2D eigenvalue weighted by Gasteiger charge is -2.08. The summed E-state index contributed by atoms with van der Waals surface area (Å²) in [5, 5.41) is 9.32. The fourth-order valence-corrected chi connectivity index (χ4v) is 3.07. The van der Waals surface area contributed by atoms with Crippen molar-refractivity contribution in [1.82, 2.24) is 4.72 Å². The summed E-state index contributed by atoms with van der Waals surface area (Å²) in [5.41, 5.74) is 0.744. The van der Waals surface area contributed by atoms with Gasteiger partial charge in [0, 0.05) is 6.54 Å². The van der Waals surface area contributed by atoms with Crippen molar-refractivity contribution in [3.63, 3.8) is 0 Å². The Kier molecular flexibility index (Phi) is 4.09. The normalized spacial score (nSPS) is 11.4. The van der Waals surface area contributed by atoms with E-state index in [0.29, 0.717) is 0 Å². The smallest absolute Gasteiger partial charge is 0.242 e. The second-order valence-corrected chi connectivity index (χ2v) is 6.06. The maximum Gasteiger partial charge on any atom is 0.242 e. The highest BCUT2D eigenvalue weighted by Gasteiger charge is 2.16. The Hall–Kier alpha value is -1.56. The summed E-state index contributed by atoms with van der Waals surface area (Å²) in [7, 11) is -3.64. The number of hydrogen-bond acceptors (Lipinski definition) is 3. The van der Waals surface area contributed by atoms with Crippen LogP contribution in [0.4, 0.5) is 0 Å². The van der Waals surface area contributed by atoms with Gasteiger partial charge in [-0.1, -0.05) is 35.9 Å². The van der Waals surface area contributed by atoms with Gasteiger partial charge in [-0.3, -0.25) is 0 Å². The molecule has 0 bridgehead atoms. The van der Waals surface area contributed by atoms with Crippen LogP contribution in [-0.4, -0.2) is 13.5 Å². The first-order chi connectivity index (χ1) is 8.99. The molecule has 0 aliphatic carbocycles. The topological polar surface area (TPSA) is 66.4 Å². The highest BCUT2D eigenvalue weighted by molar-refractivity contribution is 7.89. The van der Waals surface area contributed by atoms with Crippen molar-refractivity contribution in [2.45, 2.75) is 11.4 Å². The van der Waals surface area contributed by atoms with Crippen molar-refractivity contribution >= 4 is 21.6 Å². The van der Waals surface area contributed by atoms with Crippen molar-refractivity contribution in [3.8, 4) is 5.75 Å². The van der Waals surface area contributed by atoms with E-state index < -0.39 is 10.0 Å².